The number of nitrogens with one attached hydrogen (secondary N) is 1. The van der Waals surface area contributed by atoms with Gasteiger partial charge in [0.05, 0.1) is 5.75 Å². The zero-order valence-corrected chi connectivity index (χ0v) is 11.4. The number of hydrogen-bond donors (Lipinski definition) is 2. The van der Waals surface area contributed by atoms with Crippen molar-refractivity contribution >= 4 is 16.0 Å². The van der Waals surface area contributed by atoms with Crippen LogP contribution in [0.25, 0.3) is 0 Å². The van der Waals surface area contributed by atoms with Crippen molar-refractivity contribution in [2.24, 2.45) is 5.92 Å². The Morgan fingerprint density at radius 1 is 1.37 bits per heavy atom. The van der Waals surface area contributed by atoms with Gasteiger partial charge >= 0.3 is 5.97 Å². The van der Waals surface area contributed by atoms with E-state index in [0.717, 1.165) is 6.07 Å². The molecule has 0 aromatic heterocycles. The van der Waals surface area contributed by atoms with Crippen LogP contribution < -0.4 is 4.72 Å². The fraction of sp³-hybridized carbons (Fsp3) is 0.417. The lowest BCUT2D eigenvalue weighted by atomic mass is 10.1. The predicted octanol–water partition coefficient (Wildman–Crippen LogP) is 1.35. The van der Waals surface area contributed by atoms with E-state index in [2.05, 4.69) is 4.72 Å². The summed E-state index contributed by atoms with van der Waals surface area (Å²) in [6, 6.07) is 4.25. The van der Waals surface area contributed by atoms with E-state index < -0.39 is 39.5 Å². The maximum absolute atomic E-state index is 13.4. The first-order valence-electron chi connectivity index (χ1n) is 5.69. The van der Waals surface area contributed by atoms with E-state index in [9.17, 15) is 17.6 Å². The van der Waals surface area contributed by atoms with E-state index in [1.807, 2.05) is 0 Å². The van der Waals surface area contributed by atoms with Gasteiger partial charge < -0.3 is 5.11 Å². The van der Waals surface area contributed by atoms with Crippen LogP contribution in [-0.2, 0) is 20.6 Å². The van der Waals surface area contributed by atoms with Crippen molar-refractivity contribution < 1.29 is 22.7 Å². The molecule has 0 saturated carbocycles. The molecule has 0 bridgehead atoms. The summed E-state index contributed by atoms with van der Waals surface area (Å²) in [5.74, 6) is -2.89. The molecule has 0 aliphatic heterocycles. The van der Waals surface area contributed by atoms with Crippen molar-refractivity contribution in [1.29, 1.82) is 0 Å². The molecule has 1 rings (SSSR count). The lowest BCUT2D eigenvalue weighted by molar-refractivity contribution is -0.140. The van der Waals surface area contributed by atoms with Gasteiger partial charge in [-0.1, -0.05) is 32.0 Å². The standard InChI is InChI=1S/C12H16FNO4S/c1-8(2)11(12(15)16)14-19(17,18)7-9-5-3-4-6-10(9)13/h3-6,8,11,14H,7H2,1-2H3,(H,15,16). The predicted molar refractivity (Wildman–Crippen MR) is 68.4 cm³/mol. The molecule has 0 saturated heterocycles. The van der Waals surface area contributed by atoms with E-state index in [0.29, 0.717) is 0 Å². The Balaban J connectivity index is 2.88. The molecule has 0 aliphatic rings. The van der Waals surface area contributed by atoms with Gasteiger partial charge in [-0.3, -0.25) is 4.79 Å². The summed E-state index contributed by atoms with van der Waals surface area (Å²) < 4.78 is 39.1. The van der Waals surface area contributed by atoms with Gasteiger partial charge in [-0.2, -0.15) is 0 Å². The highest BCUT2D eigenvalue weighted by Gasteiger charge is 2.27. The Bertz CT molecular complexity index is 557. The number of carboxylic acids is 1. The minimum Gasteiger partial charge on any atom is -0.480 e. The van der Waals surface area contributed by atoms with Crippen molar-refractivity contribution in [3.63, 3.8) is 0 Å². The molecule has 0 aliphatic carbocycles. The van der Waals surface area contributed by atoms with Crippen molar-refractivity contribution in [3.05, 3.63) is 35.6 Å². The summed E-state index contributed by atoms with van der Waals surface area (Å²) in [4.78, 5) is 10.9. The van der Waals surface area contributed by atoms with Crippen LogP contribution in [0.3, 0.4) is 0 Å². The minimum atomic E-state index is -3.92. The second-order valence-electron chi connectivity index (χ2n) is 4.53. The van der Waals surface area contributed by atoms with Gasteiger partial charge in [-0.05, 0) is 12.0 Å². The average molecular weight is 289 g/mol. The maximum Gasteiger partial charge on any atom is 0.321 e. The highest BCUT2D eigenvalue weighted by molar-refractivity contribution is 7.88. The topological polar surface area (TPSA) is 83.5 Å². The van der Waals surface area contributed by atoms with Gasteiger partial charge in [0, 0.05) is 5.56 Å². The van der Waals surface area contributed by atoms with Crippen molar-refractivity contribution in [3.8, 4) is 0 Å². The smallest absolute Gasteiger partial charge is 0.321 e. The number of carboxylic acid groups (broad SMARTS) is 1. The number of carbonyl (C=O) groups is 1. The number of benzene rings is 1. The van der Waals surface area contributed by atoms with E-state index in [1.54, 1.807) is 13.8 Å². The molecule has 1 unspecified atom stereocenters. The molecule has 5 nitrogen and oxygen atoms in total. The molecular formula is C12H16FNO4S. The summed E-state index contributed by atoms with van der Waals surface area (Å²) >= 11 is 0. The molecule has 0 amide bonds. The summed E-state index contributed by atoms with van der Waals surface area (Å²) in [7, 11) is -3.92. The largest absolute Gasteiger partial charge is 0.480 e. The molecule has 2 N–H and O–H groups in total. The second kappa shape index (κ2) is 6.12. The van der Waals surface area contributed by atoms with Gasteiger partial charge in [-0.15, -0.1) is 0 Å². The van der Waals surface area contributed by atoms with Gasteiger partial charge in [0.15, 0.2) is 0 Å². The molecule has 0 fully saturated rings. The summed E-state index contributed by atoms with van der Waals surface area (Å²) in [6.45, 7) is 3.18. The highest BCUT2D eigenvalue weighted by Crippen LogP contribution is 2.12. The Labute approximate surface area is 111 Å². The van der Waals surface area contributed by atoms with Crippen molar-refractivity contribution in [1.82, 2.24) is 4.72 Å². The first kappa shape index (κ1) is 15.6. The number of sulfonamides is 1. The van der Waals surface area contributed by atoms with E-state index in [-0.39, 0.29) is 5.56 Å². The first-order chi connectivity index (χ1) is 8.73. The second-order valence-corrected chi connectivity index (χ2v) is 6.28. The summed E-state index contributed by atoms with van der Waals surface area (Å²) in [6.07, 6.45) is 0. The van der Waals surface area contributed by atoms with E-state index in [1.165, 1.54) is 18.2 Å². The third-order valence-corrected chi connectivity index (χ3v) is 3.85. The normalized spacial score (nSPS) is 13.5. The zero-order chi connectivity index (χ0) is 14.6. The van der Waals surface area contributed by atoms with Crippen LogP contribution in [0.5, 0.6) is 0 Å². The van der Waals surface area contributed by atoms with Crippen LogP contribution in [-0.4, -0.2) is 25.5 Å². The van der Waals surface area contributed by atoms with Crippen molar-refractivity contribution in [2.45, 2.75) is 25.6 Å². The van der Waals surface area contributed by atoms with Gasteiger partial charge in [0.1, 0.15) is 11.9 Å². The number of hydrogen-bond acceptors (Lipinski definition) is 3. The van der Waals surface area contributed by atoms with Crippen molar-refractivity contribution in [2.75, 3.05) is 0 Å². The van der Waals surface area contributed by atoms with Crippen LogP contribution in [0, 0.1) is 11.7 Å². The number of halogens is 1. The van der Waals surface area contributed by atoms with Gasteiger partial charge in [0.25, 0.3) is 0 Å². The first-order valence-corrected chi connectivity index (χ1v) is 7.34. The monoisotopic (exact) mass is 289 g/mol. The van der Waals surface area contributed by atoms with Gasteiger partial charge in [0.2, 0.25) is 10.0 Å². The van der Waals surface area contributed by atoms with Crippen LogP contribution in [0.1, 0.15) is 19.4 Å². The molecule has 0 radical (unpaired) electrons. The Morgan fingerprint density at radius 3 is 2.42 bits per heavy atom. The Kier molecular flexibility index (Phi) is 5.02. The lowest BCUT2D eigenvalue weighted by Gasteiger charge is -2.18. The Hall–Kier alpha value is -1.47. The molecule has 1 atom stereocenters. The molecule has 1 aromatic rings. The highest BCUT2D eigenvalue weighted by atomic mass is 32.2. The third-order valence-electron chi connectivity index (χ3n) is 2.54. The fourth-order valence-electron chi connectivity index (χ4n) is 1.53. The minimum absolute atomic E-state index is 0.00268. The lowest BCUT2D eigenvalue weighted by Crippen LogP contribution is -2.44. The van der Waals surface area contributed by atoms with Crippen LogP contribution >= 0.6 is 0 Å². The fourth-order valence-corrected chi connectivity index (χ4v) is 3.01. The zero-order valence-electron chi connectivity index (χ0n) is 10.6. The maximum atomic E-state index is 13.4. The van der Waals surface area contributed by atoms with E-state index >= 15 is 0 Å². The average Bonchev–Trinajstić information content (AvgIpc) is 2.28. The SMILES string of the molecule is CC(C)C(NS(=O)(=O)Cc1ccccc1F)C(=O)O. The molecule has 0 spiro atoms. The third kappa shape index (κ3) is 4.60. The number of rotatable bonds is 6. The van der Waals surface area contributed by atoms with Gasteiger partial charge in [-0.25, -0.2) is 17.5 Å². The quantitative estimate of drug-likeness (QED) is 0.828. The molecule has 1 aromatic carbocycles. The summed E-state index contributed by atoms with van der Waals surface area (Å²) in [5.41, 5.74) is 0.00268. The van der Waals surface area contributed by atoms with Crippen LogP contribution in [0.15, 0.2) is 24.3 Å². The van der Waals surface area contributed by atoms with Crippen LogP contribution in [0.4, 0.5) is 4.39 Å². The summed E-state index contributed by atoms with van der Waals surface area (Å²) in [5, 5.41) is 8.93. The molecule has 106 valence electrons. The molecule has 0 heterocycles. The molecule has 19 heavy (non-hydrogen) atoms. The molecule has 7 heteroatoms. The van der Waals surface area contributed by atoms with Crippen LogP contribution in [0.2, 0.25) is 0 Å². The number of aliphatic carboxylic acids is 1. The van der Waals surface area contributed by atoms with E-state index in [4.69, 9.17) is 5.11 Å². The Morgan fingerprint density at radius 2 is 1.95 bits per heavy atom. The molecular weight excluding hydrogens is 273 g/mol.